The number of nitrogens with zero attached hydrogens (tertiary/aromatic N) is 4. The second-order valence-corrected chi connectivity index (χ2v) is 11.4. The first-order chi connectivity index (χ1) is 24.8. The van der Waals surface area contributed by atoms with Gasteiger partial charge in [0.05, 0.1) is 33.0 Å². The number of phenolic OH excluding ortho intramolecular Hbond substituents is 1. The molecule has 0 atom stereocenters. The van der Waals surface area contributed by atoms with Crippen molar-refractivity contribution in [3.63, 3.8) is 0 Å². The Bertz CT molecular complexity index is 1760. The van der Waals surface area contributed by atoms with Crippen LogP contribution in [0.15, 0.2) is 124 Å². The Morgan fingerprint density at radius 1 is 0.706 bits per heavy atom. The Hall–Kier alpha value is -5.85. The van der Waals surface area contributed by atoms with Gasteiger partial charge >= 0.3 is 0 Å². The van der Waals surface area contributed by atoms with Crippen LogP contribution < -0.4 is 16.0 Å². The molecule has 0 aliphatic carbocycles. The highest BCUT2D eigenvalue weighted by Crippen LogP contribution is 2.15. The molecule has 0 aliphatic heterocycles. The number of nitrogens with one attached hydrogen (secondary N) is 3. The van der Waals surface area contributed by atoms with Gasteiger partial charge < -0.3 is 35.4 Å². The van der Waals surface area contributed by atoms with Crippen molar-refractivity contribution in [1.82, 2.24) is 10.2 Å². The van der Waals surface area contributed by atoms with Crippen LogP contribution in [-0.4, -0.2) is 86.0 Å². The van der Waals surface area contributed by atoms with Crippen LogP contribution in [0.5, 0.6) is 5.75 Å². The van der Waals surface area contributed by atoms with Gasteiger partial charge in [-0.3, -0.25) is 14.6 Å². The summed E-state index contributed by atoms with van der Waals surface area (Å²) in [5, 5.41) is 18.9. The molecule has 0 radical (unpaired) electrons. The number of carbonyl (C=O) groups is 2. The lowest BCUT2D eigenvalue weighted by Gasteiger charge is -2.17. The maximum atomic E-state index is 13.0. The number of amidine groups is 2. The highest BCUT2D eigenvalue weighted by molar-refractivity contribution is 6.09. The topological polar surface area (TPSA) is 149 Å². The predicted molar refractivity (Wildman–Crippen MR) is 203 cm³/mol. The molecule has 4 aromatic carbocycles. The molecule has 0 saturated carbocycles. The van der Waals surface area contributed by atoms with E-state index in [-0.39, 0.29) is 23.5 Å². The molecule has 12 heteroatoms. The van der Waals surface area contributed by atoms with Gasteiger partial charge in [0, 0.05) is 42.6 Å². The number of phenols is 1. The van der Waals surface area contributed by atoms with E-state index in [1.54, 1.807) is 74.3 Å². The number of anilines is 2. The van der Waals surface area contributed by atoms with Gasteiger partial charge in [0.25, 0.3) is 11.8 Å². The van der Waals surface area contributed by atoms with Gasteiger partial charge in [-0.25, -0.2) is 0 Å². The lowest BCUT2D eigenvalue weighted by Crippen LogP contribution is -2.27. The fourth-order valence-electron chi connectivity index (χ4n) is 4.71. The molecule has 0 bridgehead atoms. The summed E-state index contributed by atoms with van der Waals surface area (Å²) in [6.07, 6.45) is 0. The summed E-state index contributed by atoms with van der Waals surface area (Å²) in [4.78, 5) is 40.4. The molecule has 4 rings (SSSR count). The third-order valence-electron chi connectivity index (χ3n) is 7.25. The molecule has 0 aliphatic rings. The minimum Gasteiger partial charge on any atom is -0.508 e. The highest BCUT2D eigenvalue weighted by Gasteiger charge is 2.12. The zero-order valence-electron chi connectivity index (χ0n) is 29.2. The van der Waals surface area contributed by atoms with Gasteiger partial charge in [-0.2, -0.15) is 9.98 Å². The molecule has 0 saturated heterocycles. The van der Waals surface area contributed by atoms with Gasteiger partial charge in [0.2, 0.25) is 5.96 Å². The van der Waals surface area contributed by atoms with Crippen molar-refractivity contribution in [2.24, 2.45) is 15.0 Å². The molecule has 4 aromatic rings. The maximum absolute atomic E-state index is 13.0. The summed E-state index contributed by atoms with van der Waals surface area (Å²) in [6.45, 7) is 6.46. The maximum Gasteiger partial charge on any atom is 0.253 e. The van der Waals surface area contributed by atoms with Crippen molar-refractivity contribution in [2.45, 2.75) is 20.4 Å². The fourth-order valence-corrected chi connectivity index (χ4v) is 4.71. The second kappa shape index (κ2) is 20.6. The summed E-state index contributed by atoms with van der Waals surface area (Å²) in [6, 6.07) is 32.7. The standard InChI is InChI=1S/C39H45N7O5/c1-29(40-22-24-50-26-27-51-25-23-41-37(48)32-12-8-5-9-13-32)43-39(45-35-18-20-36(47)21-19-35)44-30(2)42-34-16-14-33(15-17-34)38(49)46(3)28-31-10-6-4-7-11-31/h4-21,47H,22-28H2,1-3H3,(H,41,48)(H2,40,42,43,44,45). The molecular weight excluding hydrogens is 646 g/mol. The molecule has 266 valence electrons. The Balaban J connectivity index is 1.25. The SMILES string of the molecule is CC(=NCCOCCOCCNC(=O)c1ccccc1)N=C(N=C(C)Nc1ccc(C(=O)N(C)Cc2ccccc2)cc1)Nc1ccc(O)cc1. The largest absolute Gasteiger partial charge is 0.508 e. The lowest BCUT2D eigenvalue weighted by molar-refractivity contribution is 0.0512. The molecule has 2 amide bonds. The smallest absolute Gasteiger partial charge is 0.253 e. The van der Waals surface area contributed by atoms with Crippen LogP contribution in [0.2, 0.25) is 0 Å². The summed E-state index contributed by atoms with van der Waals surface area (Å²) < 4.78 is 11.1. The van der Waals surface area contributed by atoms with Crippen LogP contribution in [0.25, 0.3) is 0 Å². The van der Waals surface area contributed by atoms with E-state index in [0.29, 0.717) is 74.5 Å². The number of aliphatic imine (C=N–C) groups is 3. The molecule has 0 heterocycles. The number of hydrogen-bond donors (Lipinski definition) is 4. The number of rotatable bonds is 15. The molecule has 0 spiro atoms. The van der Waals surface area contributed by atoms with E-state index in [2.05, 4.69) is 30.9 Å². The number of aromatic hydroxyl groups is 1. The number of hydrogen-bond acceptors (Lipinski definition) is 6. The van der Waals surface area contributed by atoms with E-state index in [1.807, 2.05) is 60.7 Å². The zero-order chi connectivity index (χ0) is 36.3. The quantitative estimate of drug-likeness (QED) is 0.0529. The minimum absolute atomic E-state index is 0.0711. The Morgan fingerprint density at radius 2 is 1.31 bits per heavy atom. The van der Waals surface area contributed by atoms with E-state index in [0.717, 1.165) is 11.3 Å². The highest BCUT2D eigenvalue weighted by atomic mass is 16.5. The van der Waals surface area contributed by atoms with Crippen LogP contribution in [-0.2, 0) is 16.0 Å². The van der Waals surface area contributed by atoms with E-state index in [4.69, 9.17) is 9.47 Å². The first-order valence-electron chi connectivity index (χ1n) is 16.6. The van der Waals surface area contributed by atoms with E-state index in [9.17, 15) is 14.7 Å². The van der Waals surface area contributed by atoms with Gasteiger partial charge in [0.1, 0.15) is 17.4 Å². The average molecular weight is 692 g/mol. The van der Waals surface area contributed by atoms with E-state index >= 15 is 0 Å². The van der Waals surface area contributed by atoms with Crippen LogP contribution in [0, 0.1) is 0 Å². The van der Waals surface area contributed by atoms with Crippen molar-refractivity contribution in [1.29, 1.82) is 0 Å². The van der Waals surface area contributed by atoms with Crippen LogP contribution in [0.1, 0.15) is 40.1 Å². The van der Waals surface area contributed by atoms with Crippen molar-refractivity contribution in [3.05, 3.63) is 126 Å². The molecule has 0 fully saturated rings. The van der Waals surface area contributed by atoms with Crippen molar-refractivity contribution >= 4 is 40.8 Å². The van der Waals surface area contributed by atoms with Gasteiger partial charge in [-0.1, -0.05) is 48.5 Å². The number of ether oxygens (including phenoxy) is 2. The van der Waals surface area contributed by atoms with Gasteiger partial charge in [-0.05, 0) is 80.1 Å². The van der Waals surface area contributed by atoms with Crippen LogP contribution in [0.4, 0.5) is 11.4 Å². The lowest BCUT2D eigenvalue weighted by atomic mass is 10.1. The zero-order valence-corrected chi connectivity index (χ0v) is 29.2. The molecule has 4 N–H and O–H groups in total. The van der Waals surface area contributed by atoms with Crippen molar-refractivity contribution in [3.8, 4) is 5.75 Å². The average Bonchev–Trinajstić information content (AvgIpc) is 3.14. The second-order valence-electron chi connectivity index (χ2n) is 11.4. The van der Waals surface area contributed by atoms with E-state index in [1.165, 1.54) is 0 Å². The number of guanidine groups is 1. The fraction of sp³-hybridized carbons (Fsp3) is 0.256. The summed E-state index contributed by atoms with van der Waals surface area (Å²) >= 11 is 0. The molecule has 12 nitrogen and oxygen atoms in total. The minimum atomic E-state index is -0.132. The number of amides is 2. The van der Waals surface area contributed by atoms with Gasteiger partial charge in [0.15, 0.2) is 0 Å². The summed E-state index contributed by atoms with van der Waals surface area (Å²) in [5.74, 6) is 1.27. The third-order valence-corrected chi connectivity index (χ3v) is 7.25. The Kier molecular flexibility index (Phi) is 15.3. The monoisotopic (exact) mass is 691 g/mol. The van der Waals surface area contributed by atoms with Gasteiger partial charge in [-0.15, -0.1) is 0 Å². The first-order valence-corrected chi connectivity index (χ1v) is 16.6. The van der Waals surface area contributed by atoms with Crippen molar-refractivity contribution < 1.29 is 24.2 Å². The summed E-state index contributed by atoms with van der Waals surface area (Å²) in [5.41, 5.74) is 3.69. The third kappa shape index (κ3) is 13.9. The molecule has 0 unspecified atom stereocenters. The molecule has 51 heavy (non-hydrogen) atoms. The first kappa shape index (κ1) is 38.0. The Labute approximate surface area is 299 Å². The number of benzene rings is 4. The number of carbonyl (C=O) groups excluding carboxylic acids is 2. The van der Waals surface area contributed by atoms with E-state index < -0.39 is 0 Å². The van der Waals surface area contributed by atoms with Crippen LogP contribution >= 0.6 is 0 Å². The molecular formula is C39H45N7O5. The van der Waals surface area contributed by atoms with Crippen molar-refractivity contribution in [2.75, 3.05) is 57.2 Å². The predicted octanol–water partition coefficient (Wildman–Crippen LogP) is 5.84. The van der Waals surface area contributed by atoms with Crippen LogP contribution in [0.3, 0.4) is 0 Å². The normalized spacial score (nSPS) is 11.9. The molecule has 0 aromatic heterocycles. The summed E-state index contributed by atoms with van der Waals surface area (Å²) in [7, 11) is 1.79. The Morgan fingerprint density at radius 3 is 2.00 bits per heavy atom.